The summed E-state index contributed by atoms with van der Waals surface area (Å²) in [6, 6.07) is 5.84. The van der Waals surface area contributed by atoms with Gasteiger partial charge in [0.25, 0.3) is 0 Å². The number of nitrogens with one attached hydrogen (secondary N) is 1. The molecule has 1 aromatic carbocycles. The molecule has 1 aliphatic heterocycles. The molecule has 0 spiro atoms. The van der Waals surface area contributed by atoms with Crippen molar-refractivity contribution in [1.82, 2.24) is 4.98 Å². The van der Waals surface area contributed by atoms with Crippen molar-refractivity contribution in [3.05, 3.63) is 18.2 Å². The summed E-state index contributed by atoms with van der Waals surface area (Å²) < 4.78 is 6.51. The normalized spacial score (nSPS) is 19.4. The number of nitrogens with two attached hydrogens (primary N) is 1. The average Bonchev–Trinajstić information content (AvgIpc) is 2.97. The van der Waals surface area contributed by atoms with Crippen LogP contribution in [0, 0.1) is 5.92 Å². The lowest BCUT2D eigenvalue weighted by molar-refractivity contribution is 0.185. The third-order valence-corrected chi connectivity index (χ3v) is 4.24. The van der Waals surface area contributed by atoms with Gasteiger partial charge in [0, 0.05) is 25.4 Å². The Balaban J connectivity index is 1.60. The molecule has 0 radical (unpaired) electrons. The maximum atomic E-state index is 5.76. The first-order valence-corrected chi connectivity index (χ1v) is 7.10. The SMILES string of the molecule is Nc1ccc2nc(NCCC3CCOC3)sc2c1. The van der Waals surface area contributed by atoms with Crippen LogP contribution in [-0.2, 0) is 4.74 Å². The number of benzene rings is 1. The summed E-state index contributed by atoms with van der Waals surface area (Å²) in [5.74, 6) is 0.711. The molecule has 2 aromatic rings. The van der Waals surface area contributed by atoms with E-state index in [9.17, 15) is 0 Å². The van der Waals surface area contributed by atoms with Gasteiger partial charge in [0.1, 0.15) is 0 Å². The third kappa shape index (κ3) is 2.57. The van der Waals surface area contributed by atoms with Gasteiger partial charge in [-0.25, -0.2) is 4.98 Å². The predicted octanol–water partition coefficient (Wildman–Crippen LogP) is 2.72. The van der Waals surface area contributed by atoms with Crippen molar-refractivity contribution in [1.29, 1.82) is 0 Å². The van der Waals surface area contributed by atoms with Crippen molar-refractivity contribution in [3.8, 4) is 0 Å². The topological polar surface area (TPSA) is 60.2 Å². The van der Waals surface area contributed by atoms with E-state index in [1.165, 1.54) is 6.42 Å². The lowest BCUT2D eigenvalue weighted by Gasteiger charge is -2.06. The second-order valence-corrected chi connectivity index (χ2v) is 5.72. The van der Waals surface area contributed by atoms with Gasteiger partial charge in [-0.3, -0.25) is 0 Å². The highest BCUT2D eigenvalue weighted by Gasteiger charge is 2.15. The second kappa shape index (κ2) is 5.12. The molecule has 1 atom stereocenters. The highest BCUT2D eigenvalue weighted by molar-refractivity contribution is 7.22. The molecule has 0 saturated carbocycles. The largest absolute Gasteiger partial charge is 0.399 e. The number of thiazole rings is 1. The van der Waals surface area contributed by atoms with Gasteiger partial charge in [-0.05, 0) is 37.0 Å². The first-order valence-electron chi connectivity index (χ1n) is 6.29. The van der Waals surface area contributed by atoms with Gasteiger partial charge in [-0.15, -0.1) is 0 Å². The van der Waals surface area contributed by atoms with E-state index in [0.717, 1.165) is 47.2 Å². The van der Waals surface area contributed by atoms with E-state index in [1.807, 2.05) is 18.2 Å². The van der Waals surface area contributed by atoms with E-state index in [0.29, 0.717) is 5.92 Å². The number of nitrogens with zero attached hydrogens (tertiary/aromatic N) is 1. The summed E-state index contributed by atoms with van der Waals surface area (Å²) in [6.45, 7) is 2.80. The molecule has 3 N–H and O–H groups in total. The summed E-state index contributed by atoms with van der Waals surface area (Å²) in [6.07, 6.45) is 2.34. The molecule has 96 valence electrons. The van der Waals surface area contributed by atoms with Crippen molar-refractivity contribution in [3.63, 3.8) is 0 Å². The maximum absolute atomic E-state index is 5.76. The van der Waals surface area contributed by atoms with E-state index < -0.39 is 0 Å². The van der Waals surface area contributed by atoms with Crippen molar-refractivity contribution >= 4 is 32.4 Å². The van der Waals surface area contributed by atoms with Crippen LogP contribution in [0.1, 0.15) is 12.8 Å². The van der Waals surface area contributed by atoms with Gasteiger partial charge in [0.15, 0.2) is 5.13 Å². The molecule has 0 bridgehead atoms. The van der Waals surface area contributed by atoms with Gasteiger partial charge in [-0.1, -0.05) is 11.3 Å². The maximum Gasteiger partial charge on any atom is 0.183 e. The fourth-order valence-electron chi connectivity index (χ4n) is 2.21. The summed E-state index contributed by atoms with van der Waals surface area (Å²) in [7, 11) is 0. The standard InChI is InChI=1S/C13H17N3OS/c14-10-1-2-11-12(7-10)18-13(16-11)15-5-3-9-4-6-17-8-9/h1-2,7,9H,3-6,8,14H2,(H,15,16). The Morgan fingerprint density at radius 1 is 1.50 bits per heavy atom. The van der Waals surface area contributed by atoms with Gasteiger partial charge in [-0.2, -0.15) is 0 Å². The average molecular weight is 263 g/mol. The molecule has 0 aliphatic carbocycles. The number of hydrogen-bond donors (Lipinski definition) is 2. The Morgan fingerprint density at radius 2 is 2.44 bits per heavy atom. The zero-order chi connectivity index (χ0) is 12.4. The first-order chi connectivity index (χ1) is 8.81. The lowest BCUT2D eigenvalue weighted by atomic mass is 10.1. The van der Waals surface area contributed by atoms with E-state index in [2.05, 4.69) is 10.3 Å². The summed E-state index contributed by atoms with van der Waals surface area (Å²) in [5.41, 5.74) is 7.57. The minimum atomic E-state index is 0.711. The van der Waals surface area contributed by atoms with Gasteiger partial charge in [0.2, 0.25) is 0 Å². The zero-order valence-electron chi connectivity index (χ0n) is 10.2. The van der Waals surface area contributed by atoms with Crippen LogP contribution in [0.2, 0.25) is 0 Å². The molecule has 3 rings (SSSR count). The molecular formula is C13H17N3OS. The number of anilines is 2. The number of nitrogen functional groups attached to an aromatic ring is 1. The molecule has 1 fully saturated rings. The van der Waals surface area contributed by atoms with Crippen LogP contribution in [-0.4, -0.2) is 24.7 Å². The molecule has 1 aromatic heterocycles. The summed E-state index contributed by atoms with van der Waals surface area (Å²) in [4.78, 5) is 4.54. The number of hydrogen-bond acceptors (Lipinski definition) is 5. The predicted molar refractivity (Wildman–Crippen MR) is 76.1 cm³/mol. The fraction of sp³-hybridized carbons (Fsp3) is 0.462. The highest BCUT2D eigenvalue weighted by atomic mass is 32.1. The van der Waals surface area contributed by atoms with Crippen LogP contribution in [0.3, 0.4) is 0 Å². The third-order valence-electron chi connectivity index (χ3n) is 3.27. The minimum Gasteiger partial charge on any atom is -0.399 e. The second-order valence-electron chi connectivity index (χ2n) is 4.69. The molecule has 2 heterocycles. The van der Waals surface area contributed by atoms with Crippen LogP contribution in [0.25, 0.3) is 10.2 Å². The molecule has 1 aliphatic rings. The highest BCUT2D eigenvalue weighted by Crippen LogP contribution is 2.27. The molecule has 1 unspecified atom stereocenters. The Morgan fingerprint density at radius 3 is 3.28 bits per heavy atom. The van der Waals surface area contributed by atoms with Gasteiger partial charge < -0.3 is 15.8 Å². The Labute approximate surface area is 110 Å². The van der Waals surface area contributed by atoms with E-state index in [4.69, 9.17) is 10.5 Å². The van der Waals surface area contributed by atoms with Crippen LogP contribution in [0.4, 0.5) is 10.8 Å². The van der Waals surface area contributed by atoms with Crippen LogP contribution in [0.5, 0.6) is 0 Å². The smallest absolute Gasteiger partial charge is 0.183 e. The van der Waals surface area contributed by atoms with Crippen LogP contribution in [0.15, 0.2) is 18.2 Å². The van der Waals surface area contributed by atoms with E-state index in [1.54, 1.807) is 11.3 Å². The lowest BCUT2D eigenvalue weighted by Crippen LogP contribution is -2.08. The Kier molecular flexibility index (Phi) is 3.34. The Hall–Kier alpha value is -1.33. The number of fused-ring (bicyclic) bond motifs is 1. The molecular weight excluding hydrogens is 246 g/mol. The van der Waals surface area contributed by atoms with Crippen molar-refractivity contribution in [2.75, 3.05) is 30.8 Å². The van der Waals surface area contributed by atoms with Crippen molar-refractivity contribution < 1.29 is 4.74 Å². The summed E-state index contributed by atoms with van der Waals surface area (Å²) >= 11 is 1.66. The number of aromatic nitrogens is 1. The first kappa shape index (κ1) is 11.7. The van der Waals surface area contributed by atoms with Crippen molar-refractivity contribution in [2.45, 2.75) is 12.8 Å². The Bertz CT molecular complexity index is 534. The van der Waals surface area contributed by atoms with E-state index in [-0.39, 0.29) is 0 Å². The minimum absolute atomic E-state index is 0.711. The fourth-order valence-corrected chi connectivity index (χ4v) is 3.15. The zero-order valence-corrected chi connectivity index (χ0v) is 11.0. The quantitative estimate of drug-likeness (QED) is 0.833. The van der Waals surface area contributed by atoms with Gasteiger partial charge in [0.05, 0.1) is 10.2 Å². The molecule has 18 heavy (non-hydrogen) atoms. The van der Waals surface area contributed by atoms with Crippen LogP contribution >= 0.6 is 11.3 Å². The molecule has 4 nitrogen and oxygen atoms in total. The number of ether oxygens (including phenoxy) is 1. The van der Waals surface area contributed by atoms with Gasteiger partial charge >= 0.3 is 0 Å². The van der Waals surface area contributed by atoms with Crippen LogP contribution < -0.4 is 11.1 Å². The summed E-state index contributed by atoms with van der Waals surface area (Å²) in [5, 5.41) is 4.37. The monoisotopic (exact) mass is 263 g/mol. The molecule has 1 saturated heterocycles. The number of rotatable bonds is 4. The molecule has 5 heteroatoms. The van der Waals surface area contributed by atoms with Crippen molar-refractivity contribution in [2.24, 2.45) is 5.92 Å². The molecule has 0 amide bonds. The van der Waals surface area contributed by atoms with E-state index >= 15 is 0 Å².